The van der Waals surface area contributed by atoms with Gasteiger partial charge in [0.2, 0.25) is 0 Å². The molecule has 16 heavy (non-hydrogen) atoms. The van der Waals surface area contributed by atoms with E-state index in [4.69, 9.17) is 4.42 Å². The smallest absolute Gasteiger partial charge is 0.105 e. The van der Waals surface area contributed by atoms with E-state index in [1.54, 1.807) is 6.26 Å². The van der Waals surface area contributed by atoms with Gasteiger partial charge < -0.3 is 9.73 Å². The van der Waals surface area contributed by atoms with Gasteiger partial charge in [-0.15, -0.1) is 0 Å². The van der Waals surface area contributed by atoms with Crippen LogP contribution in [-0.4, -0.2) is 12.6 Å². The molecule has 0 radical (unpaired) electrons. The maximum absolute atomic E-state index is 5.33. The fourth-order valence-electron chi connectivity index (χ4n) is 3.00. The predicted molar refractivity (Wildman–Crippen MR) is 66.4 cm³/mol. The van der Waals surface area contributed by atoms with Crippen molar-refractivity contribution in [1.82, 2.24) is 5.32 Å². The van der Waals surface area contributed by atoms with Crippen molar-refractivity contribution in [3.8, 4) is 0 Å². The first-order chi connectivity index (χ1) is 7.57. The Hall–Kier alpha value is -0.760. The molecule has 1 saturated carbocycles. The minimum atomic E-state index is 0.516. The molecule has 0 bridgehead atoms. The van der Waals surface area contributed by atoms with Gasteiger partial charge in [-0.2, -0.15) is 0 Å². The molecule has 90 valence electrons. The molecule has 1 aromatic rings. The van der Waals surface area contributed by atoms with E-state index in [-0.39, 0.29) is 0 Å². The standard InChI is InChI=1S/C14H23NO/c1-11-9-14(2,3)10-13(11)15-7-6-12-5-4-8-16-12/h4-5,8,11,13,15H,6-7,9-10H2,1-3H3. The SMILES string of the molecule is CC1CC(C)(C)CC1NCCc1ccco1. The zero-order chi connectivity index (χ0) is 11.6. The van der Waals surface area contributed by atoms with E-state index in [0.29, 0.717) is 11.5 Å². The molecule has 1 aromatic heterocycles. The highest BCUT2D eigenvalue weighted by molar-refractivity contribution is 4.99. The summed E-state index contributed by atoms with van der Waals surface area (Å²) in [6, 6.07) is 4.69. The summed E-state index contributed by atoms with van der Waals surface area (Å²) in [7, 11) is 0. The van der Waals surface area contributed by atoms with Crippen LogP contribution >= 0.6 is 0 Å². The molecule has 1 aliphatic carbocycles. The van der Waals surface area contributed by atoms with Crippen LogP contribution in [0, 0.1) is 11.3 Å². The normalized spacial score (nSPS) is 28.4. The van der Waals surface area contributed by atoms with Gasteiger partial charge in [0.25, 0.3) is 0 Å². The van der Waals surface area contributed by atoms with Crippen molar-refractivity contribution in [3.63, 3.8) is 0 Å². The Balaban J connectivity index is 1.74. The molecule has 1 N–H and O–H groups in total. The molecule has 0 amide bonds. The number of furan rings is 1. The fourth-order valence-corrected chi connectivity index (χ4v) is 3.00. The summed E-state index contributed by atoms with van der Waals surface area (Å²) in [5.74, 6) is 1.88. The van der Waals surface area contributed by atoms with Crippen LogP contribution in [0.15, 0.2) is 22.8 Å². The Morgan fingerprint density at radius 3 is 2.81 bits per heavy atom. The quantitative estimate of drug-likeness (QED) is 0.844. The molecule has 0 aromatic carbocycles. The molecule has 2 unspecified atom stereocenters. The van der Waals surface area contributed by atoms with Crippen LogP contribution in [0.2, 0.25) is 0 Å². The molecule has 0 spiro atoms. The van der Waals surface area contributed by atoms with E-state index in [0.717, 1.165) is 24.6 Å². The summed E-state index contributed by atoms with van der Waals surface area (Å²) in [5.41, 5.74) is 0.516. The molecule has 0 saturated heterocycles. The Morgan fingerprint density at radius 2 is 2.25 bits per heavy atom. The highest BCUT2D eigenvalue weighted by atomic mass is 16.3. The summed E-state index contributed by atoms with van der Waals surface area (Å²) >= 11 is 0. The minimum absolute atomic E-state index is 0.516. The van der Waals surface area contributed by atoms with Crippen LogP contribution in [-0.2, 0) is 6.42 Å². The second kappa shape index (κ2) is 4.62. The third kappa shape index (κ3) is 2.88. The molecular formula is C14H23NO. The minimum Gasteiger partial charge on any atom is -0.469 e. The lowest BCUT2D eigenvalue weighted by molar-refractivity contribution is 0.362. The lowest BCUT2D eigenvalue weighted by Crippen LogP contribution is -2.33. The van der Waals surface area contributed by atoms with E-state index >= 15 is 0 Å². The first-order valence-corrected chi connectivity index (χ1v) is 6.33. The topological polar surface area (TPSA) is 25.2 Å². The number of hydrogen-bond acceptors (Lipinski definition) is 2. The fraction of sp³-hybridized carbons (Fsp3) is 0.714. The van der Waals surface area contributed by atoms with Crippen LogP contribution in [0.5, 0.6) is 0 Å². The maximum Gasteiger partial charge on any atom is 0.105 e. The van der Waals surface area contributed by atoms with Crippen molar-refractivity contribution in [2.24, 2.45) is 11.3 Å². The Bertz CT molecular complexity index is 315. The van der Waals surface area contributed by atoms with Crippen molar-refractivity contribution in [2.45, 2.75) is 46.1 Å². The van der Waals surface area contributed by atoms with Gasteiger partial charge in [-0.1, -0.05) is 20.8 Å². The van der Waals surface area contributed by atoms with E-state index in [1.807, 2.05) is 12.1 Å². The average Bonchev–Trinajstić information content (AvgIpc) is 2.75. The van der Waals surface area contributed by atoms with Crippen LogP contribution in [0.3, 0.4) is 0 Å². The first kappa shape index (κ1) is 11.7. The molecule has 1 fully saturated rings. The predicted octanol–water partition coefficient (Wildman–Crippen LogP) is 3.24. The van der Waals surface area contributed by atoms with Gasteiger partial charge in [0, 0.05) is 19.0 Å². The van der Waals surface area contributed by atoms with E-state index in [9.17, 15) is 0 Å². The average molecular weight is 221 g/mol. The largest absolute Gasteiger partial charge is 0.469 e. The van der Waals surface area contributed by atoms with Crippen molar-refractivity contribution >= 4 is 0 Å². The zero-order valence-electron chi connectivity index (χ0n) is 10.6. The van der Waals surface area contributed by atoms with Gasteiger partial charge in [-0.05, 0) is 36.3 Å². The lowest BCUT2D eigenvalue weighted by Gasteiger charge is -2.18. The molecule has 1 heterocycles. The van der Waals surface area contributed by atoms with Gasteiger partial charge >= 0.3 is 0 Å². The summed E-state index contributed by atoms with van der Waals surface area (Å²) in [6.07, 6.45) is 5.38. The number of nitrogens with one attached hydrogen (secondary N) is 1. The van der Waals surface area contributed by atoms with E-state index in [1.165, 1.54) is 12.8 Å². The molecule has 2 atom stereocenters. The first-order valence-electron chi connectivity index (χ1n) is 6.33. The second-order valence-electron chi connectivity index (χ2n) is 5.94. The van der Waals surface area contributed by atoms with Crippen molar-refractivity contribution in [3.05, 3.63) is 24.2 Å². The molecular weight excluding hydrogens is 198 g/mol. The van der Waals surface area contributed by atoms with Crippen LogP contribution in [0.4, 0.5) is 0 Å². The highest BCUT2D eigenvalue weighted by Crippen LogP contribution is 2.40. The van der Waals surface area contributed by atoms with Gasteiger partial charge in [-0.25, -0.2) is 0 Å². The summed E-state index contributed by atoms with van der Waals surface area (Å²) in [5, 5.41) is 3.67. The second-order valence-corrected chi connectivity index (χ2v) is 5.94. The van der Waals surface area contributed by atoms with Crippen LogP contribution in [0.25, 0.3) is 0 Å². The van der Waals surface area contributed by atoms with Gasteiger partial charge in [0.15, 0.2) is 0 Å². The number of hydrogen-bond donors (Lipinski definition) is 1. The summed E-state index contributed by atoms with van der Waals surface area (Å²) in [6.45, 7) is 8.13. The van der Waals surface area contributed by atoms with Crippen molar-refractivity contribution in [1.29, 1.82) is 0 Å². The van der Waals surface area contributed by atoms with Crippen molar-refractivity contribution in [2.75, 3.05) is 6.54 Å². The Morgan fingerprint density at radius 1 is 1.44 bits per heavy atom. The van der Waals surface area contributed by atoms with Gasteiger partial charge in [-0.3, -0.25) is 0 Å². The van der Waals surface area contributed by atoms with Gasteiger partial charge in [0.05, 0.1) is 6.26 Å². The monoisotopic (exact) mass is 221 g/mol. The highest BCUT2D eigenvalue weighted by Gasteiger charge is 2.35. The maximum atomic E-state index is 5.33. The zero-order valence-corrected chi connectivity index (χ0v) is 10.6. The molecule has 2 rings (SSSR count). The Kier molecular flexibility index (Phi) is 3.38. The van der Waals surface area contributed by atoms with Crippen LogP contribution in [0.1, 0.15) is 39.4 Å². The van der Waals surface area contributed by atoms with Crippen molar-refractivity contribution < 1.29 is 4.42 Å². The molecule has 0 aliphatic heterocycles. The van der Waals surface area contributed by atoms with Gasteiger partial charge in [0.1, 0.15) is 5.76 Å². The molecule has 2 nitrogen and oxygen atoms in total. The van der Waals surface area contributed by atoms with Crippen LogP contribution < -0.4 is 5.32 Å². The summed E-state index contributed by atoms with van der Waals surface area (Å²) in [4.78, 5) is 0. The molecule has 1 aliphatic rings. The van der Waals surface area contributed by atoms with E-state index < -0.39 is 0 Å². The molecule has 2 heteroatoms. The third-order valence-electron chi connectivity index (χ3n) is 3.69. The number of rotatable bonds is 4. The third-order valence-corrected chi connectivity index (χ3v) is 3.69. The lowest BCUT2D eigenvalue weighted by atomic mass is 9.91. The Labute approximate surface area is 98.4 Å². The summed E-state index contributed by atoms with van der Waals surface area (Å²) < 4.78 is 5.33. The van der Waals surface area contributed by atoms with E-state index in [2.05, 4.69) is 26.1 Å².